The first-order valence-corrected chi connectivity index (χ1v) is 11.6. The summed E-state index contributed by atoms with van der Waals surface area (Å²) in [5.41, 5.74) is 4.98. The van der Waals surface area contributed by atoms with Crippen molar-refractivity contribution in [1.29, 1.82) is 0 Å². The number of halogens is 1. The van der Waals surface area contributed by atoms with Crippen LogP contribution >= 0.6 is 11.6 Å². The van der Waals surface area contributed by atoms with Gasteiger partial charge in [-0.2, -0.15) is 4.98 Å². The summed E-state index contributed by atoms with van der Waals surface area (Å²) < 4.78 is 0. The van der Waals surface area contributed by atoms with E-state index in [-0.39, 0.29) is 11.3 Å². The second-order valence-electron chi connectivity index (χ2n) is 8.97. The van der Waals surface area contributed by atoms with Crippen molar-refractivity contribution in [2.24, 2.45) is 0 Å². The maximum atomic E-state index is 12.1. The lowest BCUT2D eigenvalue weighted by Gasteiger charge is -2.25. The third kappa shape index (κ3) is 4.93. The lowest BCUT2D eigenvalue weighted by atomic mass is 9.80. The summed E-state index contributed by atoms with van der Waals surface area (Å²) in [6.07, 6.45) is 7.81. The number of hydrogen-bond donors (Lipinski definition) is 3. The molecule has 9 heteroatoms. The molecule has 0 atom stereocenters. The molecule has 0 saturated heterocycles. The number of aromatic nitrogens is 4. The molecular weight excluding hydrogens is 462 g/mol. The fourth-order valence-corrected chi connectivity index (χ4v) is 4.23. The molecule has 3 N–H and O–H groups in total. The summed E-state index contributed by atoms with van der Waals surface area (Å²) in [7, 11) is 0. The number of nitrogens with one attached hydrogen (secondary N) is 3. The number of hydrogen-bond acceptors (Lipinski definition) is 7. The van der Waals surface area contributed by atoms with Crippen LogP contribution in [0.2, 0.25) is 5.02 Å². The normalized spacial score (nSPS) is 14.4. The second kappa shape index (κ2) is 9.31. The number of carbonyl (C=O) groups is 1. The first-order valence-electron chi connectivity index (χ1n) is 11.3. The molecule has 2 aromatic carbocycles. The molecule has 0 aliphatic carbocycles. The van der Waals surface area contributed by atoms with Gasteiger partial charge in [0, 0.05) is 41.4 Å². The molecule has 35 heavy (non-hydrogen) atoms. The van der Waals surface area contributed by atoms with E-state index in [2.05, 4.69) is 49.7 Å². The van der Waals surface area contributed by atoms with Gasteiger partial charge in [-0.3, -0.25) is 14.8 Å². The molecule has 0 saturated carbocycles. The van der Waals surface area contributed by atoms with E-state index in [0.717, 1.165) is 40.3 Å². The molecule has 1 aliphatic rings. The van der Waals surface area contributed by atoms with Gasteiger partial charge in [0.2, 0.25) is 11.9 Å². The first kappa shape index (κ1) is 22.7. The zero-order chi connectivity index (χ0) is 24.4. The third-order valence-electron chi connectivity index (χ3n) is 6.02. The smallest absolute Gasteiger partial charge is 0.229 e. The monoisotopic (exact) mass is 485 g/mol. The Kier molecular flexibility index (Phi) is 6.05. The number of nitrogens with zero attached hydrogens (tertiary/aromatic N) is 4. The van der Waals surface area contributed by atoms with E-state index in [4.69, 9.17) is 11.6 Å². The highest BCUT2D eigenvalue weighted by molar-refractivity contribution is 6.33. The van der Waals surface area contributed by atoms with E-state index in [9.17, 15) is 4.79 Å². The molecule has 4 aromatic rings. The SMILES string of the molecule is CC1(C)CCC(=O)Nc2ccc(Nc3ncc(Cl)c(Nc4ccccc4-c4cnccn4)n3)cc21. The number of anilines is 5. The summed E-state index contributed by atoms with van der Waals surface area (Å²) in [5.74, 6) is 0.892. The predicted octanol–water partition coefficient (Wildman–Crippen LogP) is 6.08. The molecule has 5 rings (SSSR count). The van der Waals surface area contributed by atoms with Gasteiger partial charge < -0.3 is 16.0 Å². The van der Waals surface area contributed by atoms with Crippen LogP contribution in [-0.2, 0) is 10.2 Å². The Morgan fingerprint density at radius 3 is 2.71 bits per heavy atom. The van der Waals surface area contributed by atoms with E-state index in [1.54, 1.807) is 24.8 Å². The standard InChI is InChI=1S/C26H24ClN7O/c1-26(2)10-9-23(35)32-21-8-7-16(13-18(21)26)31-25-30-14-19(27)24(34-25)33-20-6-4-3-5-17(20)22-15-28-11-12-29-22/h3-8,11-15H,9-10H2,1-2H3,(H,32,35)(H2,30,31,33,34). The lowest BCUT2D eigenvalue weighted by molar-refractivity contribution is -0.116. The van der Waals surface area contributed by atoms with E-state index in [1.165, 1.54) is 0 Å². The van der Waals surface area contributed by atoms with Gasteiger partial charge in [0.25, 0.3) is 0 Å². The molecule has 1 amide bonds. The Bertz CT molecular complexity index is 1390. The molecule has 176 valence electrons. The Labute approximate surface area is 208 Å². The molecule has 0 spiro atoms. The Hall–Kier alpha value is -4.04. The number of amides is 1. The van der Waals surface area contributed by atoms with Crippen LogP contribution in [0.4, 0.5) is 28.8 Å². The average molecular weight is 486 g/mol. The van der Waals surface area contributed by atoms with Crippen LogP contribution in [0.15, 0.2) is 67.3 Å². The van der Waals surface area contributed by atoms with Crippen molar-refractivity contribution in [2.45, 2.75) is 32.1 Å². The maximum Gasteiger partial charge on any atom is 0.229 e. The fourth-order valence-electron chi connectivity index (χ4n) is 4.09. The molecule has 0 unspecified atom stereocenters. The number of benzene rings is 2. The van der Waals surface area contributed by atoms with Crippen LogP contribution in [-0.4, -0.2) is 25.8 Å². The minimum atomic E-state index is -0.149. The summed E-state index contributed by atoms with van der Waals surface area (Å²) in [5, 5.41) is 9.95. The highest BCUT2D eigenvalue weighted by Crippen LogP contribution is 2.38. The molecule has 0 fully saturated rings. The van der Waals surface area contributed by atoms with Crippen molar-refractivity contribution >= 4 is 46.3 Å². The van der Waals surface area contributed by atoms with Crippen molar-refractivity contribution in [1.82, 2.24) is 19.9 Å². The predicted molar refractivity (Wildman–Crippen MR) is 138 cm³/mol. The number of rotatable bonds is 5. The van der Waals surface area contributed by atoms with Crippen molar-refractivity contribution in [2.75, 3.05) is 16.0 Å². The average Bonchev–Trinajstić information content (AvgIpc) is 2.97. The Balaban J connectivity index is 1.43. The van der Waals surface area contributed by atoms with Crippen molar-refractivity contribution in [3.63, 3.8) is 0 Å². The van der Waals surface area contributed by atoms with E-state index >= 15 is 0 Å². The van der Waals surface area contributed by atoms with Crippen molar-refractivity contribution in [3.05, 3.63) is 77.8 Å². The second-order valence-corrected chi connectivity index (χ2v) is 9.38. The number of fused-ring (bicyclic) bond motifs is 1. The molecule has 0 bridgehead atoms. The van der Waals surface area contributed by atoms with Gasteiger partial charge in [-0.25, -0.2) is 4.98 Å². The number of carbonyl (C=O) groups excluding carboxylic acids is 1. The van der Waals surface area contributed by atoms with Crippen molar-refractivity contribution in [3.8, 4) is 11.3 Å². The van der Waals surface area contributed by atoms with Crippen LogP contribution in [0.3, 0.4) is 0 Å². The van der Waals surface area contributed by atoms with Crippen LogP contribution in [0.25, 0.3) is 11.3 Å². The molecule has 3 heterocycles. The third-order valence-corrected chi connectivity index (χ3v) is 6.30. The topological polar surface area (TPSA) is 105 Å². The van der Waals surface area contributed by atoms with Crippen LogP contribution < -0.4 is 16.0 Å². The molecular formula is C26H24ClN7O. The molecule has 0 radical (unpaired) electrons. The van der Waals surface area contributed by atoms with Crippen molar-refractivity contribution < 1.29 is 4.79 Å². The zero-order valence-corrected chi connectivity index (χ0v) is 20.1. The first-order chi connectivity index (χ1) is 16.9. The summed E-state index contributed by atoms with van der Waals surface area (Å²) in [4.78, 5) is 29.6. The van der Waals surface area contributed by atoms with Gasteiger partial charge in [-0.05, 0) is 41.7 Å². The lowest BCUT2D eigenvalue weighted by Crippen LogP contribution is -2.16. The summed E-state index contributed by atoms with van der Waals surface area (Å²) in [6.45, 7) is 4.29. The van der Waals surface area contributed by atoms with Gasteiger partial charge in [0.1, 0.15) is 5.02 Å². The highest BCUT2D eigenvalue weighted by atomic mass is 35.5. The Morgan fingerprint density at radius 2 is 1.89 bits per heavy atom. The van der Waals surface area contributed by atoms with E-state index in [1.807, 2.05) is 42.5 Å². The summed E-state index contributed by atoms with van der Waals surface area (Å²) in [6, 6.07) is 13.6. The fraction of sp³-hybridized carbons (Fsp3) is 0.192. The minimum Gasteiger partial charge on any atom is -0.338 e. The summed E-state index contributed by atoms with van der Waals surface area (Å²) >= 11 is 6.43. The Morgan fingerprint density at radius 1 is 1.03 bits per heavy atom. The van der Waals surface area contributed by atoms with Gasteiger partial charge in [0.15, 0.2) is 5.82 Å². The molecule has 2 aromatic heterocycles. The van der Waals surface area contributed by atoms with Crippen LogP contribution in [0.5, 0.6) is 0 Å². The minimum absolute atomic E-state index is 0.0380. The van der Waals surface area contributed by atoms with Gasteiger partial charge in [-0.1, -0.05) is 43.6 Å². The van der Waals surface area contributed by atoms with E-state index in [0.29, 0.717) is 23.2 Å². The van der Waals surface area contributed by atoms with Gasteiger partial charge in [-0.15, -0.1) is 0 Å². The van der Waals surface area contributed by atoms with Crippen LogP contribution in [0, 0.1) is 0 Å². The quantitative estimate of drug-likeness (QED) is 0.314. The number of para-hydroxylation sites is 1. The van der Waals surface area contributed by atoms with Gasteiger partial charge >= 0.3 is 0 Å². The van der Waals surface area contributed by atoms with E-state index < -0.39 is 0 Å². The zero-order valence-electron chi connectivity index (χ0n) is 19.3. The maximum absolute atomic E-state index is 12.1. The molecule has 1 aliphatic heterocycles. The van der Waals surface area contributed by atoms with Crippen LogP contribution in [0.1, 0.15) is 32.3 Å². The van der Waals surface area contributed by atoms with Gasteiger partial charge in [0.05, 0.1) is 18.1 Å². The molecule has 8 nitrogen and oxygen atoms in total. The highest BCUT2D eigenvalue weighted by Gasteiger charge is 2.28. The largest absolute Gasteiger partial charge is 0.338 e.